The first-order chi connectivity index (χ1) is 12.0. The second-order valence-corrected chi connectivity index (χ2v) is 6.83. The topological polar surface area (TPSA) is 59.8 Å². The first-order valence-electron chi connectivity index (χ1n) is 8.67. The van der Waals surface area contributed by atoms with Crippen LogP contribution in [0.3, 0.4) is 0 Å². The Hall–Kier alpha value is -2.69. The first-order valence-corrected chi connectivity index (χ1v) is 8.67. The van der Waals surface area contributed by atoms with Crippen molar-refractivity contribution in [2.24, 2.45) is 5.92 Å². The maximum atomic E-state index is 12.6. The number of carbonyl (C=O) groups excluding carboxylic acids is 1. The molecule has 0 saturated heterocycles. The molecule has 0 saturated carbocycles. The molecule has 0 fully saturated rings. The Labute approximate surface area is 148 Å². The minimum Gasteiger partial charge on any atom is -0.340 e. The third-order valence-corrected chi connectivity index (χ3v) is 4.27. The number of pyridine rings is 1. The van der Waals surface area contributed by atoms with Gasteiger partial charge in [0.15, 0.2) is 0 Å². The molecular formula is C20H24N4O. The molecule has 0 spiro atoms. The molecule has 1 amide bonds. The molecule has 0 bridgehead atoms. The van der Waals surface area contributed by atoms with Gasteiger partial charge in [0.2, 0.25) is 0 Å². The quantitative estimate of drug-likeness (QED) is 0.762. The van der Waals surface area contributed by atoms with Gasteiger partial charge in [-0.1, -0.05) is 32.0 Å². The Morgan fingerprint density at radius 1 is 1.04 bits per heavy atom. The fraction of sp³-hybridized carbons (Fsp3) is 0.350. The summed E-state index contributed by atoms with van der Waals surface area (Å²) in [7, 11) is 0. The number of imidazole rings is 1. The Bertz CT molecular complexity index is 868. The number of carbonyl (C=O) groups is 1. The minimum atomic E-state index is -0.190. The summed E-state index contributed by atoms with van der Waals surface area (Å²) in [6, 6.07) is 13.5. The lowest BCUT2D eigenvalue weighted by Gasteiger charge is -2.24. The lowest BCUT2D eigenvalue weighted by atomic mass is 10.0. The monoisotopic (exact) mass is 336 g/mol. The van der Waals surface area contributed by atoms with Gasteiger partial charge >= 0.3 is 0 Å². The number of nitrogens with one attached hydrogen (secondary N) is 1. The van der Waals surface area contributed by atoms with E-state index < -0.39 is 0 Å². The molecule has 2 heterocycles. The number of benzene rings is 1. The highest BCUT2D eigenvalue weighted by molar-refractivity contribution is 5.92. The van der Waals surface area contributed by atoms with Gasteiger partial charge in [-0.05, 0) is 44.0 Å². The van der Waals surface area contributed by atoms with E-state index in [1.54, 1.807) is 18.3 Å². The second-order valence-electron chi connectivity index (χ2n) is 6.83. The van der Waals surface area contributed by atoms with E-state index in [1.807, 2.05) is 24.3 Å². The van der Waals surface area contributed by atoms with Crippen molar-refractivity contribution in [1.82, 2.24) is 19.9 Å². The van der Waals surface area contributed by atoms with Crippen LogP contribution >= 0.6 is 0 Å². The molecule has 5 nitrogen and oxygen atoms in total. The van der Waals surface area contributed by atoms with Gasteiger partial charge in [-0.3, -0.25) is 9.78 Å². The Kier molecular flexibility index (Phi) is 4.83. The number of aromatic nitrogens is 3. The first kappa shape index (κ1) is 17.1. The van der Waals surface area contributed by atoms with Gasteiger partial charge in [-0.15, -0.1) is 0 Å². The molecule has 130 valence electrons. The average Bonchev–Trinajstić information content (AvgIpc) is 2.99. The standard InChI is InChI=1S/C20H24N4O/c1-13(2)18(23-20(25)16-10-7-8-12-21-16)19-22-15-9-5-6-11-17(15)24(19)14(3)4/h5-14,18H,1-4H3,(H,23,25)/t18-/m1/s1. The molecule has 25 heavy (non-hydrogen) atoms. The number of nitrogens with zero attached hydrogens (tertiary/aromatic N) is 3. The van der Waals surface area contributed by atoms with Crippen LogP contribution in [0.15, 0.2) is 48.7 Å². The van der Waals surface area contributed by atoms with Crippen LogP contribution in [0.1, 0.15) is 56.1 Å². The number of hydrogen-bond donors (Lipinski definition) is 1. The summed E-state index contributed by atoms with van der Waals surface area (Å²) in [4.78, 5) is 21.6. The number of hydrogen-bond acceptors (Lipinski definition) is 3. The summed E-state index contributed by atoms with van der Waals surface area (Å²) in [6.07, 6.45) is 1.63. The molecule has 0 aliphatic rings. The van der Waals surface area contributed by atoms with Gasteiger partial charge in [0.1, 0.15) is 11.5 Å². The molecule has 3 rings (SSSR count). The van der Waals surface area contributed by atoms with E-state index in [4.69, 9.17) is 4.98 Å². The third-order valence-electron chi connectivity index (χ3n) is 4.27. The van der Waals surface area contributed by atoms with E-state index in [-0.39, 0.29) is 23.9 Å². The van der Waals surface area contributed by atoms with Crippen LogP contribution < -0.4 is 5.32 Å². The largest absolute Gasteiger partial charge is 0.340 e. The van der Waals surface area contributed by atoms with Crippen LogP contribution in [-0.2, 0) is 0 Å². The highest BCUT2D eigenvalue weighted by Gasteiger charge is 2.26. The van der Waals surface area contributed by atoms with E-state index in [0.29, 0.717) is 5.69 Å². The van der Waals surface area contributed by atoms with Crippen LogP contribution in [0.4, 0.5) is 0 Å². The molecule has 2 aromatic heterocycles. The van der Waals surface area contributed by atoms with E-state index >= 15 is 0 Å². The van der Waals surface area contributed by atoms with Gasteiger partial charge in [0, 0.05) is 12.2 Å². The number of rotatable bonds is 5. The maximum Gasteiger partial charge on any atom is 0.270 e. The Morgan fingerprint density at radius 3 is 2.40 bits per heavy atom. The zero-order valence-electron chi connectivity index (χ0n) is 15.1. The molecule has 0 aliphatic carbocycles. The summed E-state index contributed by atoms with van der Waals surface area (Å²) in [5.41, 5.74) is 2.45. The van der Waals surface area contributed by atoms with E-state index in [2.05, 4.69) is 48.6 Å². The summed E-state index contributed by atoms with van der Waals surface area (Å²) in [5.74, 6) is 0.902. The van der Waals surface area contributed by atoms with Gasteiger partial charge in [0.25, 0.3) is 5.91 Å². The normalized spacial score (nSPS) is 12.7. The van der Waals surface area contributed by atoms with E-state index in [1.165, 1.54) is 0 Å². The van der Waals surface area contributed by atoms with Crippen LogP contribution in [0.5, 0.6) is 0 Å². The molecule has 0 aliphatic heterocycles. The summed E-state index contributed by atoms with van der Waals surface area (Å²) in [5, 5.41) is 3.12. The lowest BCUT2D eigenvalue weighted by Crippen LogP contribution is -2.34. The average molecular weight is 336 g/mol. The third kappa shape index (κ3) is 3.40. The van der Waals surface area contributed by atoms with Gasteiger partial charge in [-0.25, -0.2) is 4.98 Å². The Balaban J connectivity index is 2.03. The van der Waals surface area contributed by atoms with Crippen molar-refractivity contribution >= 4 is 16.9 Å². The van der Waals surface area contributed by atoms with Gasteiger partial charge in [0.05, 0.1) is 17.1 Å². The second kappa shape index (κ2) is 7.05. The van der Waals surface area contributed by atoms with Gasteiger partial charge in [-0.2, -0.15) is 0 Å². The summed E-state index contributed by atoms with van der Waals surface area (Å²) < 4.78 is 2.21. The van der Waals surface area contributed by atoms with Crippen molar-refractivity contribution < 1.29 is 4.79 Å². The van der Waals surface area contributed by atoms with Crippen molar-refractivity contribution in [3.63, 3.8) is 0 Å². The lowest BCUT2D eigenvalue weighted by molar-refractivity contribution is 0.0916. The number of para-hydroxylation sites is 2. The zero-order chi connectivity index (χ0) is 18.0. The highest BCUT2D eigenvalue weighted by atomic mass is 16.1. The number of fused-ring (bicyclic) bond motifs is 1. The van der Waals surface area contributed by atoms with Crippen molar-refractivity contribution in [1.29, 1.82) is 0 Å². The fourth-order valence-electron chi connectivity index (χ4n) is 3.07. The minimum absolute atomic E-state index is 0.179. The molecule has 5 heteroatoms. The molecule has 0 unspecified atom stereocenters. The smallest absolute Gasteiger partial charge is 0.270 e. The van der Waals surface area contributed by atoms with E-state index in [9.17, 15) is 4.79 Å². The molecule has 1 N–H and O–H groups in total. The predicted octanol–water partition coefficient (Wildman–Crippen LogP) is 4.14. The van der Waals surface area contributed by atoms with Crippen molar-refractivity contribution in [2.75, 3.05) is 0 Å². The summed E-state index contributed by atoms with van der Waals surface area (Å²) >= 11 is 0. The predicted molar refractivity (Wildman–Crippen MR) is 99.4 cm³/mol. The van der Waals surface area contributed by atoms with Crippen LogP contribution in [0, 0.1) is 5.92 Å². The molecule has 3 aromatic rings. The zero-order valence-corrected chi connectivity index (χ0v) is 15.1. The summed E-state index contributed by atoms with van der Waals surface area (Å²) in [6.45, 7) is 8.45. The molecular weight excluding hydrogens is 312 g/mol. The van der Waals surface area contributed by atoms with Crippen molar-refractivity contribution in [3.05, 3.63) is 60.2 Å². The van der Waals surface area contributed by atoms with Crippen LogP contribution in [-0.4, -0.2) is 20.4 Å². The number of amides is 1. The fourth-order valence-corrected chi connectivity index (χ4v) is 3.07. The van der Waals surface area contributed by atoms with Crippen molar-refractivity contribution in [3.8, 4) is 0 Å². The molecule has 1 aromatic carbocycles. The SMILES string of the molecule is CC(C)[C@@H](NC(=O)c1ccccn1)c1nc2ccccc2n1C(C)C. The van der Waals surface area contributed by atoms with Crippen LogP contribution in [0.2, 0.25) is 0 Å². The molecule has 1 atom stereocenters. The van der Waals surface area contributed by atoms with Crippen LogP contribution in [0.25, 0.3) is 11.0 Å². The van der Waals surface area contributed by atoms with Crippen molar-refractivity contribution in [2.45, 2.75) is 39.8 Å². The van der Waals surface area contributed by atoms with E-state index in [0.717, 1.165) is 16.9 Å². The highest BCUT2D eigenvalue weighted by Crippen LogP contribution is 2.28. The Morgan fingerprint density at radius 2 is 1.76 bits per heavy atom. The maximum absolute atomic E-state index is 12.6. The molecule has 0 radical (unpaired) electrons. The van der Waals surface area contributed by atoms with Gasteiger partial charge < -0.3 is 9.88 Å².